The summed E-state index contributed by atoms with van der Waals surface area (Å²) in [6.07, 6.45) is 2.88. The quantitative estimate of drug-likeness (QED) is 0.640. The van der Waals surface area contributed by atoms with Gasteiger partial charge in [-0.2, -0.15) is 0 Å². The van der Waals surface area contributed by atoms with Gasteiger partial charge in [-0.25, -0.2) is 0 Å². The van der Waals surface area contributed by atoms with E-state index in [1.807, 2.05) is 30.3 Å². The molecule has 1 aromatic carbocycles. The molecule has 0 N–H and O–H groups in total. The van der Waals surface area contributed by atoms with E-state index in [2.05, 4.69) is 20.4 Å². The SMILES string of the molecule is C=CC(=O)C(C)(C)OCCC(C)(CC)Oc1ccccc1. The van der Waals surface area contributed by atoms with Crippen LogP contribution >= 0.6 is 0 Å². The number of ketones is 1. The Hall–Kier alpha value is -1.61. The summed E-state index contributed by atoms with van der Waals surface area (Å²) in [6.45, 7) is 11.6. The molecule has 0 bridgehead atoms. The van der Waals surface area contributed by atoms with Crippen LogP contribution in [0.5, 0.6) is 5.75 Å². The Balaban J connectivity index is 2.58. The molecule has 0 heterocycles. The zero-order valence-electron chi connectivity index (χ0n) is 13.5. The molecule has 21 heavy (non-hydrogen) atoms. The monoisotopic (exact) mass is 290 g/mol. The van der Waals surface area contributed by atoms with Crippen LogP contribution in [0.3, 0.4) is 0 Å². The standard InChI is InChI=1S/C18H26O3/c1-6-16(19)17(3,4)20-14-13-18(5,7-2)21-15-11-9-8-10-12-15/h6,8-12H,1,7,13-14H2,2-5H3. The highest BCUT2D eigenvalue weighted by molar-refractivity contribution is 5.95. The van der Waals surface area contributed by atoms with E-state index in [0.717, 1.165) is 12.2 Å². The summed E-state index contributed by atoms with van der Waals surface area (Å²) in [4.78, 5) is 11.7. The molecule has 1 atom stereocenters. The second kappa shape index (κ2) is 7.41. The predicted molar refractivity (Wildman–Crippen MR) is 85.6 cm³/mol. The summed E-state index contributed by atoms with van der Waals surface area (Å²) in [5, 5.41) is 0. The minimum atomic E-state index is -0.830. The third-order valence-corrected chi connectivity index (χ3v) is 3.73. The van der Waals surface area contributed by atoms with Crippen molar-refractivity contribution in [2.24, 2.45) is 0 Å². The average Bonchev–Trinajstić information content (AvgIpc) is 2.47. The summed E-state index contributed by atoms with van der Waals surface area (Å²) in [5.41, 5.74) is -1.14. The molecule has 116 valence electrons. The lowest BCUT2D eigenvalue weighted by molar-refractivity contribution is -0.136. The second-order valence-electron chi connectivity index (χ2n) is 5.90. The van der Waals surface area contributed by atoms with Gasteiger partial charge in [-0.05, 0) is 45.4 Å². The van der Waals surface area contributed by atoms with Gasteiger partial charge in [0.2, 0.25) is 0 Å². The van der Waals surface area contributed by atoms with Crippen molar-refractivity contribution >= 4 is 5.78 Å². The first-order chi connectivity index (χ1) is 9.83. The molecule has 0 amide bonds. The maximum absolute atomic E-state index is 11.7. The highest BCUT2D eigenvalue weighted by Crippen LogP contribution is 2.25. The van der Waals surface area contributed by atoms with E-state index >= 15 is 0 Å². The number of benzene rings is 1. The Bertz CT molecular complexity index is 465. The van der Waals surface area contributed by atoms with E-state index in [0.29, 0.717) is 13.0 Å². The Kier molecular flexibility index (Phi) is 6.16. The third kappa shape index (κ3) is 5.35. The van der Waals surface area contributed by atoms with Crippen molar-refractivity contribution in [3.8, 4) is 5.75 Å². The highest BCUT2D eigenvalue weighted by atomic mass is 16.5. The zero-order chi connectivity index (χ0) is 15.9. The number of carbonyl (C=O) groups is 1. The fraction of sp³-hybridized carbons (Fsp3) is 0.500. The van der Waals surface area contributed by atoms with Crippen molar-refractivity contribution in [1.82, 2.24) is 0 Å². The summed E-state index contributed by atoms with van der Waals surface area (Å²) >= 11 is 0. The molecule has 0 fully saturated rings. The minimum absolute atomic E-state index is 0.107. The van der Waals surface area contributed by atoms with Crippen LogP contribution in [-0.4, -0.2) is 23.6 Å². The average molecular weight is 290 g/mol. The third-order valence-electron chi connectivity index (χ3n) is 3.73. The lowest BCUT2D eigenvalue weighted by Crippen LogP contribution is -2.38. The van der Waals surface area contributed by atoms with Crippen LogP contribution < -0.4 is 4.74 Å². The number of carbonyl (C=O) groups excluding carboxylic acids is 1. The van der Waals surface area contributed by atoms with Crippen LogP contribution in [0, 0.1) is 0 Å². The summed E-state index contributed by atoms with van der Waals surface area (Å²) in [5.74, 6) is 0.743. The molecule has 3 heteroatoms. The van der Waals surface area contributed by atoms with Gasteiger partial charge in [0, 0.05) is 6.42 Å². The normalized spacial score (nSPS) is 14.3. The van der Waals surface area contributed by atoms with Crippen molar-refractivity contribution in [3.05, 3.63) is 43.0 Å². The molecule has 0 aliphatic carbocycles. The number of hydrogen-bond donors (Lipinski definition) is 0. The van der Waals surface area contributed by atoms with Crippen LogP contribution in [0.1, 0.15) is 40.5 Å². The minimum Gasteiger partial charge on any atom is -0.488 e. The van der Waals surface area contributed by atoms with E-state index in [-0.39, 0.29) is 11.4 Å². The van der Waals surface area contributed by atoms with E-state index in [1.54, 1.807) is 13.8 Å². The first-order valence-electron chi connectivity index (χ1n) is 7.38. The van der Waals surface area contributed by atoms with Gasteiger partial charge in [0.25, 0.3) is 0 Å². The molecule has 3 nitrogen and oxygen atoms in total. The van der Waals surface area contributed by atoms with Crippen molar-refractivity contribution in [3.63, 3.8) is 0 Å². The predicted octanol–water partition coefficient (Wildman–Crippen LogP) is 4.17. The Labute approximate surface area is 128 Å². The van der Waals surface area contributed by atoms with Gasteiger partial charge >= 0.3 is 0 Å². The first-order valence-corrected chi connectivity index (χ1v) is 7.38. The van der Waals surface area contributed by atoms with Crippen LogP contribution in [0.4, 0.5) is 0 Å². The van der Waals surface area contributed by atoms with Gasteiger partial charge in [0.1, 0.15) is 17.0 Å². The van der Waals surface area contributed by atoms with E-state index < -0.39 is 5.60 Å². The lowest BCUT2D eigenvalue weighted by atomic mass is 9.98. The maximum atomic E-state index is 11.7. The molecule has 1 unspecified atom stereocenters. The van der Waals surface area contributed by atoms with Gasteiger partial charge in [-0.15, -0.1) is 0 Å². The van der Waals surface area contributed by atoms with Gasteiger partial charge in [0.05, 0.1) is 6.61 Å². The molecule has 0 aliphatic rings. The van der Waals surface area contributed by atoms with Gasteiger partial charge in [0.15, 0.2) is 5.78 Å². The summed E-state index contributed by atoms with van der Waals surface area (Å²) in [7, 11) is 0. The van der Waals surface area contributed by atoms with Crippen LogP contribution in [0.15, 0.2) is 43.0 Å². The number of ether oxygens (including phenoxy) is 2. The fourth-order valence-electron chi connectivity index (χ4n) is 1.91. The van der Waals surface area contributed by atoms with Gasteiger partial charge < -0.3 is 9.47 Å². The first kappa shape index (κ1) is 17.4. The number of hydrogen-bond acceptors (Lipinski definition) is 3. The molecule has 1 aromatic rings. The summed E-state index contributed by atoms with van der Waals surface area (Å²) in [6, 6.07) is 9.75. The molecule has 1 rings (SSSR count). The van der Waals surface area contributed by atoms with Crippen LogP contribution in [-0.2, 0) is 9.53 Å². The van der Waals surface area contributed by atoms with E-state index in [4.69, 9.17) is 9.47 Å². The molecule has 0 aromatic heterocycles. The van der Waals surface area contributed by atoms with Crippen molar-refractivity contribution in [1.29, 1.82) is 0 Å². The molecule has 0 saturated carbocycles. The fourth-order valence-corrected chi connectivity index (χ4v) is 1.91. The zero-order valence-corrected chi connectivity index (χ0v) is 13.5. The smallest absolute Gasteiger partial charge is 0.186 e. The molecular formula is C18H26O3. The van der Waals surface area contributed by atoms with Crippen LogP contribution in [0.2, 0.25) is 0 Å². The van der Waals surface area contributed by atoms with E-state index in [9.17, 15) is 4.79 Å². The maximum Gasteiger partial charge on any atom is 0.186 e. The topological polar surface area (TPSA) is 35.5 Å². The summed E-state index contributed by atoms with van der Waals surface area (Å²) < 4.78 is 11.8. The van der Waals surface area contributed by atoms with Crippen molar-refractivity contribution in [2.75, 3.05) is 6.61 Å². The molecule has 0 aliphatic heterocycles. The number of para-hydroxylation sites is 1. The Morgan fingerprint density at radius 2 is 1.86 bits per heavy atom. The highest BCUT2D eigenvalue weighted by Gasteiger charge is 2.29. The Morgan fingerprint density at radius 3 is 2.38 bits per heavy atom. The van der Waals surface area contributed by atoms with Gasteiger partial charge in [-0.3, -0.25) is 4.79 Å². The largest absolute Gasteiger partial charge is 0.488 e. The molecular weight excluding hydrogens is 264 g/mol. The van der Waals surface area contributed by atoms with Crippen molar-refractivity contribution < 1.29 is 14.3 Å². The number of rotatable bonds is 9. The molecule has 0 radical (unpaired) electrons. The lowest BCUT2D eigenvalue weighted by Gasteiger charge is -2.31. The van der Waals surface area contributed by atoms with Gasteiger partial charge in [-0.1, -0.05) is 31.7 Å². The molecule has 0 spiro atoms. The van der Waals surface area contributed by atoms with E-state index in [1.165, 1.54) is 6.08 Å². The second-order valence-corrected chi connectivity index (χ2v) is 5.90. The Morgan fingerprint density at radius 1 is 1.24 bits per heavy atom. The molecule has 0 saturated heterocycles. The van der Waals surface area contributed by atoms with Crippen LogP contribution in [0.25, 0.3) is 0 Å². The van der Waals surface area contributed by atoms with Crippen molar-refractivity contribution in [2.45, 2.75) is 51.7 Å².